The highest BCUT2D eigenvalue weighted by Crippen LogP contribution is 2.08. The van der Waals surface area contributed by atoms with Gasteiger partial charge in [-0.05, 0) is 0 Å². The number of hydrogen-bond acceptors (Lipinski definition) is 8. The van der Waals surface area contributed by atoms with Crippen LogP contribution in [0.4, 0.5) is 0 Å². The third-order valence-electron chi connectivity index (χ3n) is 1.19. The molecule has 0 fully saturated rings. The van der Waals surface area contributed by atoms with Gasteiger partial charge in [-0.15, -0.1) is 0 Å². The minimum absolute atomic E-state index is 1.33. The summed E-state index contributed by atoms with van der Waals surface area (Å²) in [5, 5.41) is 36.5. The first-order chi connectivity index (χ1) is 7.01. The quantitative estimate of drug-likeness (QED) is 0.183. The van der Waals surface area contributed by atoms with Crippen molar-refractivity contribution in [1.82, 2.24) is 0 Å². The molecule has 0 aromatic rings. The van der Waals surface area contributed by atoms with Crippen molar-refractivity contribution in [3.63, 3.8) is 0 Å². The zero-order chi connectivity index (χ0) is 13.6. The first-order valence-electron chi connectivity index (χ1n) is 3.22. The van der Waals surface area contributed by atoms with Gasteiger partial charge in [0.05, 0.1) is 0 Å². The minimum Gasteiger partial charge on any atom is -0.382 e. The SMILES string of the molecule is O=S(=O)(O)O.O=[N+]([O-])C(CO)(CO)[N+](=O)[O-]. The molecule has 16 heavy (non-hydrogen) atoms. The Morgan fingerprint density at radius 2 is 1.19 bits per heavy atom. The molecular weight excluding hydrogens is 256 g/mol. The molecule has 13 heteroatoms. The molecule has 0 spiro atoms. The summed E-state index contributed by atoms with van der Waals surface area (Å²) in [4.78, 5) is 17.3. The molecule has 0 saturated heterocycles. The van der Waals surface area contributed by atoms with E-state index in [1.807, 2.05) is 0 Å². The molecule has 0 aliphatic heterocycles. The second-order valence-corrected chi connectivity index (χ2v) is 3.16. The van der Waals surface area contributed by atoms with Crippen LogP contribution in [0.2, 0.25) is 0 Å². The summed E-state index contributed by atoms with van der Waals surface area (Å²) < 4.78 is 31.6. The molecule has 0 rings (SSSR count). The molecule has 96 valence electrons. The molecular formula is C3H8N2O10S. The molecule has 0 aromatic heterocycles. The second-order valence-electron chi connectivity index (χ2n) is 2.26. The van der Waals surface area contributed by atoms with Crippen molar-refractivity contribution in [3.8, 4) is 0 Å². The fourth-order valence-corrected chi connectivity index (χ4v) is 0.348. The number of nitro groups is 2. The number of hydrogen-bond donors (Lipinski definition) is 4. The average Bonchev–Trinajstić information content (AvgIpc) is 2.02. The van der Waals surface area contributed by atoms with Gasteiger partial charge in [0.25, 0.3) is 0 Å². The molecule has 0 atom stereocenters. The van der Waals surface area contributed by atoms with Gasteiger partial charge in [-0.25, -0.2) is 0 Å². The molecule has 0 radical (unpaired) electrons. The molecule has 0 saturated carbocycles. The van der Waals surface area contributed by atoms with E-state index < -0.39 is 39.1 Å². The third-order valence-corrected chi connectivity index (χ3v) is 1.19. The lowest BCUT2D eigenvalue weighted by molar-refractivity contribution is -0.800. The zero-order valence-corrected chi connectivity index (χ0v) is 8.27. The van der Waals surface area contributed by atoms with Gasteiger partial charge >= 0.3 is 16.1 Å². The third kappa shape index (κ3) is 6.14. The summed E-state index contributed by atoms with van der Waals surface area (Å²) in [5.41, 5.74) is -2.86. The number of aliphatic hydroxyl groups is 2. The van der Waals surface area contributed by atoms with Crippen molar-refractivity contribution < 1.29 is 37.6 Å². The van der Waals surface area contributed by atoms with Crippen molar-refractivity contribution in [2.75, 3.05) is 13.2 Å². The predicted molar refractivity (Wildman–Crippen MR) is 45.1 cm³/mol. The highest BCUT2D eigenvalue weighted by molar-refractivity contribution is 7.79. The Hall–Kier alpha value is -1.41. The maximum absolute atomic E-state index is 9.97. The van der Waals surface area contributed by atoms with Crippen molar-refractivity contribution in [3.05, 3.63) is 20.2 Å². The van der Waals surface area contributed by atoms with Crippen LogP contribution in [0.15, 0.2) is 0 Å². The second kappa shape index (κ2) is 6.23. The van der Waals surface area contributed by atoms with Crippen LogP contribution in [0.3, 0.4) is 0 Å². The minimum atomic E-state index is -4.67. The fraction of sp³-hybridized carbons (Fsp3) is 1.00. The smallest absolute Gasteiger partial charge is 0.382 e. The van der Waals surface area contributed by atoms with E-state index >= 15 is 0 Å². The van der Waals surface area contributed by atoms with Crippen LogP contribution in [-0.4, -0.2) is 56.5 Å². The van der Waals surface area contributed by atoms with E-state index in [2.05, 4.69) is 0 Å². The summed E-state index contributed by atoms with van der Waals surface area (Å²) >= 11 is 0. The van der Waals surface area contributed by atoms with Gasteiger partial charge in [-0.2, -0.15) is 8.42 Å². The Bertz CT molecular complexity index is 319. The van der Waals surface area contributed by atoms with Crippen LogP contribution in [0, 0.1) is 20.2 Å². The summed E-state index contributed by atoms with van der Waals surface area (Å²) in [6, 6.07) is 0. The average molecular weight is 264 g/mol. The fourth-order valence-electron chi connectivity index (χ4n) is 0.348. The molecule has 0 unspecified atom stereocenters. The number of rotatable bonds is 4. The van der Waals surface area contributed by atoms with E-state index in [9.17, 15) is 20.2 Å². The molecule has 0 amide bonds. The van der Waals surface area contributed by atoms with Gasteiger partial charge in [0.15, 0.2) is 13.2 Å². The van der Waals surface area contributed by atoms with Gasteiger partial charge in [-0.1, -0.05) is 0 Å². The van der Waals surface area contributed by atoms with Crippen LogP contribution >= 0.6 is 0 Å². The maximum atomic E-state index is 9.97. The molecule has 0 heterocycles. The first-order valence-corrected chi connectivity index (χ1v) is 4.61. The highest BCUT2D eigenvalue weighted by atomic mass is 32.3. The number of nitrogens with zero attached hydrogens (tertiary/aromatic N) is 2. The lowest BCUT2D eigenvalue weighted by atomic mass is 10.2. The topological polar surface area (TPSA) is 201 Å². The molecule has 0 bridgehead atoms. The Labute approximate surface area is 88.0 Å². The molecule has 0 aromatic carbocycles. The van der Waals surface area contributed by atoms with Gasteiger partial charge in [0.1, 0.15) is 9.85 Å². The Morgan fingerprint density at radius 1 is 1.00 bits per heavy atom. The van der Waals surface area contributed by atoms with Crippen LogP contribution in [0.5, 0.6) is 0 Å². The van der Waals surface area contributed by atoms with Gasteiger partial charge < -0.3 is 10.2 Å². The lowest BCUT2D eigenvalue weighted by Gasteiger charge is -2.10. The number of aliphatic hydroxyl groups excluding tert-OH is 2. The van der Waals surface area contributed by atoms with E-state index in [4.69, 9.17) is 27.7 Å². The molecule has 4 N–H and O–H groups in total. The molecule has 0 aliphatic rings. The lowest BCUT2D eigenvalue weighted by Crippen LogP contribution is -2.52. The summed E-state index contributed by atoms with van der Waals surface area (Å²) in [6.45, 7) is -2.66. The highest BCUT2D eigenvalue weighted by Gasteiger charge is 2.55. The van der Waals surface area contributed by atoms with E-state index in [1.165, 1.54) is 0 Å². The monoisotopic (exact) mass is 264 g/mol. The van der Waals surface area contributed by atoms with Gasteiger partial charge in [-0.3, -0.25) is 29.3 Å². The Kier molecular flexibility index (Phi) is 6.62. The molecule has 12 nitrogen and oxygen atoms in total. The van der Waals surface area contributed by atoms with Crippen molar-refractivity contribution in [2.45, 2.75) is 5.66 Å². The van der Waals surface area contributed by atoms with E-state index in [1.54, 1.807) is 0 Å². The van der Waals surface area contributed by atoms with Gasteiger partial charge in [0.2, 0.25) is 0 Å². The van der Waals surface area contributed by atoms with Crippen LogP contribution < -0.4 is 0 Å². The maximum Gasteiger partial charge on any atom is 0.502 e. The van der Waals surface area contributed by atoms with Crippen LogP contribution in [0.25, 0.3) is 0 Å². The summed E-state index contributed by atoms with van der Waals surface area (Å²) in [5.74, 6) is 0. The van der Waals surface area contributed by atoms with Crippen molar-refractivity contribution in [1.29, 1.82) is 0 Å². The normalized spacial score (nSPS) is 11.2. The Balaban J connectivity index is 0. The zero-order valence-electron chi connectivity index (χ0n) is 7.46. The summed E-state index contributed by atoms with van der Waals surface area (Å²) in [6.07, 6.45) is 0. The van der Waals surface area contributed by atoms with Crippen LogP contribution in [-0.2, 0) is 10.4 Å². The van der Waals surface area contributed by atoms with E-state index in [0.29, 0.717) is 0 Å². The van der Waals surface area contributed by atoms with Crippen molar-refractivity contribution >= 4 is 10.4 Å². The summed E-state index contributed by atoms with van der Waals surface area (Å²) in [7, 11) is -4.67. The largest absolute Gasteiger partial charge is 0.502 e. The first kappa shape index (κ1) is 17.0. The van der Waals surface area contributed by atoms with Crippen molar-refractivity contribution in [2.24, 2.45) is 0 Å². The molecule has 0 aliphatic carbocycles. The predicted octanol–water partition coefficient (Wildman–Crippen LogP) is -2.43. The van der Waals surface area contributed by atoms with Gasteiger partial charge in [0, 0.05) is 0 Å². The van der Waals surface area contributed by atoms with E-state index in [-0.39, 0.29) is 0 Å². The Morgan fingerprint density at radius 3 is 1.19 bits per heavy atom. The van der Waals surface area contributed by atoms with Crippen LogP contribution in [0.1, 0.15) is 0 Å². The standard InChI is InChI=1S/C3H6N2O6.H2O4S/c6-1-3(2-7,4(8)9)5(10)11;1-5(2,3)4/h6-7H,1-2H2;(H2,1,2,3,4). The van der Waals surface area contributed by atoms with E-state index in [0.717, 1.165) is 0 Å².